The fourth-order valence-corrected chi connectivity index (χ4v) is 3.21. The molecule has 0 saturated heterocycles. The van der Waals surface area contributed by atoms with Crippen LogP contribution in [0.5, 0.6) is 5.88 Å². The van der Waals surface area contributed by atoms with E-state index in [1.54, 1.807) is 25.3 Å². The Balaban J connectivity index is 1.68. The van der Waals surface area contributed by atoms with E-state index in [-0.39, 0.29) is 28.1 Å². The first-order chi connectivity index (χ1) is 13.4. The van der Waals surface area contributed by atoms with E-state index in [4.69, 9.17) is 4.74 Å². The molecule has 6 nitrogen and oxygen atoms in total. The average Bonchev–Trinajstić information content (AvgIpc) is 3.12. The Morgan fingerprint density at radius 1 is 1.21 bits per heavy atom. The van der Waals surface area contributed by atoms with Crippen LogP contribution >= 0.6 is 15.9 Å². The Kier molecular flexibility index (Phi) is 4.68. The van der Waals surface area contributed by atoms with E-state index in [2.05, 4.69) is 31.1 Å². The van der Waals surface area contributed by atoms with Gasteiger partial charge >= 0.3 is 0 Å². The number of nitrogens with zero attached hydrogens (tertiary/aromatic N) is 3. The molecule has 2 aromatic carbocycles. The first-order valence-electron chi connectivity index (χ1n) is 8.23. The summed E-state index contributed by atoms with van der Waals surface area (Å²) in [4.78, 5) is 17.2. The second-order valence-corrected chi connectivity index (χ2v) is 6.88. The van der Waals surface area contributed by atoms with E-state index in [1.165, 1.54) is 10.6 Å². The zero-order chi connectivity index (χ0) is 19.8. The summed E-state index contributed by atoms with van der Waals surface area (Å²) in [7, 11) is 0. The molecular formula is C19H13BrF2N4O2. The SMILES string of the molecule is Cc1nc(OCc2ccc(F)cc2F)c(Br)c(=O)n1-c1ccc2cn[nH]c2c1. The van der Waals surface area contributed by atoms with E-state index in [9.17, 15) is 13.6 Å². The first kappa shape index (κ1) is 18.3. The van der Waals surface area contributed by atoms with E-state index in [0.717, 1.165) is 23.0 Å². The van der Waals surface area contributed by atoms with Crippen LogP contribution in [0.2, 0.25) is 0 Å². The monoisotopic (exact) mass is 446 g/mol. The molecule has 0 saturated carbocycles. The molecule has 0 aliphatic rings. The van der Waals surface area contributed by atoms with Crippen molar-refractivity contribution in [3.05, 3.63) is 80.4 Å². The molecule has 0 amide bonds. The largest absolute Gasteiger partial charge is 0.472 e. The average molecular weight is 447 g/mol. The van der Waals surface area contributed by atoms with Crippen molar-refractivity contribution in [1.29, 1.82) is 0 Å². The van der Waals surface area contributed by atoms with Crippen molar-refractivity contribution in [2.24, 2.45) is 0 Å². The van der Waals surface area contributed by atoms with Gasteiger partial charge in [0.05, 0.1) is 17.4 Å². The van der Waals surface area contributed by atoms with Crippen LogP contribution in [0.3, 0.4) is 0 Å². The number of halogens is 3. The third kappa shape index (κ3) is 3.29. The molecule has 142 valence electrons. The molecule has 0 bridgehead atoms. The van der Waals surface area contributed by atoms with Crippen molar-refractivity contribution in [2.45, 2.75) is 13.5 Å². The maximum Gasteiger partial charge on any atom is 0.276 e. The summed E-state index contributed by atoms with van der Waals surface area (Å²) in [6.07, 6.45) is 1.69. The maximum atomic E-state index is 13.8. The topological polar surface area (TPSA) is 72.8 Å². The van der Waals surface area contributed by atoms with Crippen LogP contribution in [0, 0.1) is 18.6 Å². The standard InChI is InChI=1S/C19H13BrF2N4O2/c1-10-24-18(28-9-12-2-4-13(21)6-15(12)22)17(20)19(27)26(10)14-5-3-11-8-23-25-16(11)7-14/h2-8H,9H2,1H3,(H,23,25). The molecule has 0 unspecified atom stereocenters. The highest BCUT2D eigenvalue weighted by Crippen LogP contribution is 2.23. The third-order valence-electron chi connectivity index (χ3n) is 4.23. The number of aromatic nitrogens is 4. The summed E-state index contributed by atoms with van der Waals surface area (Å²) in [5, 5.41) is 7.74. The summed E-state index contributed by atoms with van der Waals surface area (Å²) < 4.78 is 33.8. The lowest BCUT2D eigenvalue weighted by molar-refractivity contribution is 0.283. The van der Waals surface area contributed by atoms with Crippen molar-refractivity contribution in [2.75, 3.05) is 0 Å². The number of H-pyrrole nitrogens is 1. The minimum Gasteiger partial charge on any atom is -0.472 e. The Morgan fingerprint density at radius 2 is 2.04 bits per heavy atom. The number of nitrogens with one attached hydrogen (secondary N) is 1. The van der Waals surface area contributed by atoms with Gasteiger partial charge in [-0.2, -0.15) is 10.1 Å². The highest BCUT2D eigenvalue weighted by Gasteiger charge is 2.16. The van der Waals surface area contributed by atoms with E-state index in [0.29, 0.717) is 11.5 Å². The molecule has 0 spiro atoms. The minimum atomic E-state index is -0.728. The van der Waals surface area contributed by atoms with Crippen molar-refractivity contribution in [3.63, 3.8) is 0 Å². The smallest absolute Gasteiger partial charge is 0.276 e. The van der Waals surface area contributed by atoms with E-state index < -0.39 is 11.6 Å². The quantitative estimate of drug-likeness (QED) is 0.513. The van der Waals surface area contributed by atoms with Crippen molar-refractivity contribution >= 4 is 26.8 Å². The maximum absolute atomic E-state index is 13.8. The highest BCUT2D eigenvalue weighted by molar-refractivity contribution is 9.10. The molecule has 0 atom stereocenters. The lowest BCUT2D eigenvalue weighted by atomic mass is 10.2. The summed E-state index contributed by atoms with van der Waals surface area (Å²) >= 11 is 3.21. The normalized spacial score (nSPS) is 11.1. The lowest BCUT2D eigenvalue weighted by Gasteiger charge is -2.13. The Labute approximate surface area is 165 Å². The zero-order valence-corrected chi connectivity index (χ0v) is 16.1. The molecule has 0 fully saturated rings. The molecule has 4 rings (SSSR count). The van der Waals surface area contributed by atoms with Crippen LogP contribution in [0.15, 0.2) is 51.9 Å². The Hall–Kier alpha value is -3.07. The summed E-state index contributed by atoms with van der Waals surface area (Å²) in [5.41, 5.74) is 1.18. The van der Waals surface area contributed by atoms with Crippen LogP contribution in [0.25, 0.3) is 16.6 Å². The van der Waals surface area contributed by atoms with Crippen LogP contribution in [0.1, 0.15) is 11.4 Å². The Bertz CT molecular complexity index is 1250. The van der Waals surface area contributed by atoms with Gasteiger partial charge in [-0.3, -0.25) is 14.5 Å². The van der Waals surface area contributed by atoms with Gasteiger partial charge in [-0.25, -0.2) is 8.78 Å². The molecule has 0 radical (unpaired) electrons. The molecule has 2 heterocycles. The number of aromatic amines is 1. The van der Waals surface area contributed by atoms with Crippen molar-refractivity contribution in [3.8, 4) is 11.6 Å². The van der Waals surface area contributed by atoms with Gasteiger partial charge in [0.2, 0.25) is 5.88 Å². The van der Waals surface area contributed by atoms with Crippen LogP contribution in [0.4, 0.5) is 8.78 Å². The van der Waals surface area contributed by atoms with Gasteiger partial charge < -0.3 is 4.74 Å². The van der Waals surface area contributed by atoms with Crippen molar-refractivity contribution < 1.29 is 13.5 Å². The summed E-state index contributed by atoms with van der Waals surface area (Å²) in [6, 6.07) is 8.62. The molecule has 0 aliphatic carbocycles. The number of fused-ring (bicyclic) bond motifs is 1. The number of aryl methyl sites for hydroxylation is 1. The van der Waals surface area contributed by atoms with Gasteiger partial charge in [-0.1, -0.05) is 0 Å². The van der Waals surface area contributed by atoms with Gasteiger partial charge in [0.1, 0.15) is 28.5 Å². The number of rotatable bonds is 4. The van der Waals surface area contributed by atoms with Crippen LogP contribution in [-0.4, -0.2) is 19.7 Å². The number of ether oxygens (including phenoxy) is 1. The number of benzene rings is 2. The molecule has 9 heteroatoms. The summed E-state index contributed by atoms with van der Waals surface area (Å²) in [5.74, 6) is -0.978. The summed E-state index contributed by atoms with van der Waals surface area (Å²) in [6.45, 7) is 1.47. The van der Waals surface area contributed by atoms with Crippen molar-refractivity contribution in [1.82, 2.24) is 19.7 Å². The first-order valence-corrected chi connectivity index (χ1v) is 9.03. The van der Waals surface area contributed by atoms with Gasteiger partial charge in [0.15, 0.2) is 0 Å². The molecule has 0 aliphatic heterocycles. The second kappa shape index (κ2) is 7.16. The van der Waals surface area contributed by atoms with Crippen LogP contribution in [-0.2, 0) is 6.61 Å². The predicted molar refractivity (Wildman–Crippen MR) is 103 cm³/mol. The van der Waals surface area contributed by atoms with Gasteiger partial charge in [0, 0.05) is 17.0 Å². The second-order valence-electron chi connectivity index (χ2n) is 6.08. The number of hydrogen-bond donors (Lipinski definition) is 1. The fourth-order valence-electron chi connectivity index (χ4n) is 2.83. The zero-order valence-electron chi connectivity index (χ0n) is 14.5. The van der Waals surface area contributed by atoms with Gasteiger partial charge in [0.25, 0.3) is 5.56 Å². The molecule has 1 N–H and O–H groups in total. The van der Waals surface area contributed by atoms with Gasteiger partial charge in [-0.15, -0.1) is 0 Å². The lowest BCUT2D eigenvalue weighted by Crippen LogP contribution is -2.23. The highest BCUT2D eigenvalue weighted by atomic mass is 79.9. The predicted octanol–water partition coefficient (Wildman–Crippen LogP) is 4.04. The number of hydrogen-bond acceptors (Lipinski definition) is 4. The van der Waals surface area contributed by atoms with Crippen LogP contribution < -0.4 is 10.3 Å². The Morgan fingerprint density at radius 3 is 2.82 bits per heavy atom. The van der Waals surface area contributed by atoms with E-state index in [1.807, 2.05) is 6.07 Å². The molecule has 2 aromatic heterocycles. The van der Waals surface area contributed by atoms with Gasteiger partial charge in [-0.05, 0) is 53.2 Å². The molecular weight excluding hydrogens is 434 g/mol. The fraction of sp³-hybridized carbons (Fsp3) is 0.105. The molecule has 4 aromatic rings. The third-order valence-corrected chi connectivity index (χ3v) is 4.91. The molecule has 28 heavy (non-hydrogen) atoms. The van der Waals surface area contributed by atoms with E-state index >= 15 is 0 Å². The minimum absolute atomic E-state index is 0.0325.